The highest BCUT2D eigenvalue weighted by Crippen LogP contribution is 2.28. The van der Waals surface area contributed by atoms with Crippen LogP contribution < -0.4 is 20.3 Å². The maximum atomic E-state index is 12.7. The summed E-state index contributed by atoms with van der Waals surface area (Å²) in [6, 6.07) is 22.0. The third-order valence-corrected chi connectivity index (χ3v) is 4.87. The number of urea groups is 1. The Kier molecular flexibility index (Phi) is 6.19. The summed E-state index contributed by atoms with van der Waals surface area (Å²) in [4.78, 5) is 38.0. The molecule has 0 saturated carbocycles. The molecule has 2 N–H and O–H groups in total. The predicted octanol–water partition coefficient (Wildman–Crippen LogP) is 4.45. The third-order valence-electron chi connectivity index (χ3n) is 4.58. The monoisotopic (exact) mass is 447 g/mol. The zero-order chi connectivity index (χ0) is 22.5. The first-order valence-corrected chi connectivity index (χ1v) is 10.1. The van der Waals surface area contributed by atoms with Gasteiger partial charge >= 0.3 is 6.03 Å². The van der Waals surface area contributed by atoms with Crippen LogP contribution in [0.15, 0.2) is 84.6 Å². The van der Waals surface area contributed by atoms with Gasteiger partial charge in [0.1, 0.15) is 11.4 Å². The minimum Gasteiger partial charge on any atom is -0.482 e. The van der Waals surface area contributed by atoms with Crippen LogP contribution in [0.5, 0.6) is 5.75 Å². The summed E-state index contributed by atoms with van der Waals surface area (Å²) in [5, 5.41) is 5.56. The fourth-order valence-electron chi connectivity index (χ4n) is 3.10. The molecule has 7 nitrogen and oxygen atoms in total. The van der Waals surface area contributed by atoms with Crippen molar-refractivity contribution in [2.24, 2.45) is 0 Å². The van der Waals surface area contributed by atoms with Crippen LogP contribution in [0.3, 0.4) is 0 Å². The van der Waals surface area contributed by atoms with Gasteiger partial charge in [0.05, 0.1) is 10.7 Å². The molecule has 160 valence electrons. The van der Waals surface area contributed by atoms with Gasteiger partial charge in [0, 0.05) is 5.69 Å². The standard InChI is InChI=1S/C24H18ClN3O4/c25-19-13-16(11-12-21(19)32-15-22(29)26-17-7-3-1-4-8-17)14-20-23(30)28(24(31)27-20)18-9-5-2-6-10-18/h1-14H,15H2,(H,26,29)(H,27,31)/b20-14+. The highest BCUT2D eigenvalue weighted by atomic mass is 35.5. The summed E-state index contributed by atoms with van der Waals surface area (Å²) < 4.78 is 5.50. The molecule has 32 heavy (non-hydrogen) atoms. The third kappa shape index (κ3) is 4.79. The van der Waals surface area contributed by atoms with E-state index in [4.69, 9.17) is 16.3 Å². The molecule has 1 heterocycles. The minimum absolute atomic E-state index is 0.130. The average Bonchev–Trinajstić information content (AvgIpc) is 3.07. The van der Waals surface area contributed by atoms with Crippen LogP contribution in [0.4, 0.5) is 16.2 Å². The maximum Gasteiger partial charge on any atom is 0.333 e. The van der Waals surface area contributed by atoms with Crippen molar-refractivity contribution in [3.8, 4) is 5.75 Å². The lowest BCUT2D eigenvalue weighted by Crippen LogP contribution is -2.30. The molecule has 0 aliphatic carbocycles. The summed E-state index contributed by atoms with van der Waals surface area (Å²) in [5.41, 5.74) is 1.87. The van der Waals surface area contributed by atoms with Gasteiger partial charge in [0.25, 0.3) is 11.8 Å². The Morgan fingerprint density at radius 2 is 1.69 bits per heavy atom. The Morgan fingerprint density at radius 1 is 1.00 bits per heavy atom. The summed E-state index contributed by atoms with van der Waals surface area (Å²) >= 11 is 6.28. The number of carbonyl (C=O) groups is 3. The number of nitrogens with one attached hydrogen (secondary N) is 2. The summed E-state index contributed by atoms with van der Waals surface area (Å²) in [7, 11) is 0. The topological polar surface area (TPSA) is 87.7 Å². The molecule has 0 spiro atoms. The molecule has 1 aliphatic rings. The molecule has 1 saturated heterocycles. The van der Waals surface area contributed by atoms with E-state index in [2.05, 4.69) is 10.6 Å². The van der Waals surface area contributed by atoms with E-state index < -0.39 is 11.9 Å². The minimum atomic E-state index is -0.525. The van der Waals surface area contributed by atoms with E-state index in [9.17, 15) is 14.4 Å². The summed E-state index contributed by atoms with van der Waals surface area (Å²) in [6.07, 6.45) is 1.53. The van der Waals surface area contributed by atoms with Crippen LogP contribution in [0.25, 0.3) is 6.08 Å². The van der Waals surface area contributed by atoms with Crippen molar-refractivity contribution in [3.05, 3.63) is 95.1 Å². The van der Waals surface area contributed by atoms with E-state index in [1.165, 1.54) is 6.08 Å². The lowest BCUT2D eigenvalue weighted by Gasteiger charge is -2.11. The normalized spacial score (nSPS) is 14.4. The van der Waals surface area contributed by atoms with Crippen LogP contribution >= 0.6 is 11.6 Å². The Morgan fingerprint density at radius 3 is 2.38 bits per heavy atom. The Bertz CT molecular complexity index is 1200. The van der Waals surface area contributed by atoms with Crippen LogP contribution in [0, 0.1) is 0 Å². The van der Waals surface area contributed by atoms with Gasteiger partial charge in [-0.15, -0.1) is 0 Å². The zero-order valence-electron chi connectivity index (χ0n) is 16.7. The Hall–Kier alpha value is -4.10. The molecule has 3 aromatic carbocycles. The first kappa shape index (κ1) is 21.1. The molecule has 4 amide bonds. The second-order valence-corrected chi connectivity index (χ2v) is 7.26. The molecule has 0 aromatic heterocycles. The van der Waals surface area contributed by atoms with Crippen LogP contribution in [-0.2, 0) is 9.59 Å². The van der Waals surface area contributed by atoms with Crippen molar-refractivity contribution >= 4 is 46.9 Å². The number of hydrogen-bond acceptors (Lipinski definition) is 4. The first-order chi connectivity index (χ1) is 15.5. The molecule has 1 fully saturated rings. The Labute approximate surface area is 189 Å². The lowest BCUT2D eigenvalue weighted by atomic mass is 10.2. The fraction of sp³-hybridized carbons (Fsp3) is 0.0417. The van der Waals surface area contributed by atoms with E-state index in [1.54, 1.807) is 60.7 Å². The van der Waals surface area contributed by atoms with Gasteiger partial charge in [-0.3, -0.25) is 9.59 Å². The van der Waals surface area contributed by atoms with Gasteiger partial charge in [0.2, 0.25) is 0 Å². The quantitative estimate of drug-likeness (QED) is 0.431. The Balaban J connectivity index is 1.42. The molecule has 8 heteroatoms. The summed E-state index contributed by atoms with van der Waals surface area (Å²) in [5.74, 6) is -0.460. The van der Waals surface area contributed by atoms with Crippen molar-refractivity contribution in [3.63, 3.8) is 0 Å². The zero-order valence-corrected chi connectivity index (χ0v) is 17.5. The van der Waals surface area contributed by atoms with Crippen LogP contribution in [0.1, 0.15) is 5.56 Å². The number of nitrogens with zero attached hydrogens (tertiary/aromatic N) is 1. The van der Waals surface area contributed by atoms with Gasteiger partial charge in [-0.2, -0.15) is 0 Å². The molecule has 4 rings (SSSR count). The highest BCUT2D eigenvalue weighted by molar-refractivity contribution is 6.32. The van der Waals surface area contributed by atoms with Gasteiger partial charge in [-0.05, 0) is 48.0 Å². The molecule has 0 radical (unpaired) electrons. The number of halogens is 1. The fourth-order valence-corrected chi connectivity index (χ4v) is 3.34. The number of amides is 4. The molecular formula is C24H18ClN3O4. The van der Waals surface area contributed by atoms with E-state index in [0.29, 0.717) is 22.7 Å². The first-order valence-electron chi connectivity index (χ1n) is 9.71. The smallest absolute Gasteiger partial charge is 0.333 e. The number of hydrogen-bond donors (Lipinski definition) is 2. The molecule has 1 aliphatic heterocycles. The van der Waals surface area contributed by atoms with Gasteiger partial charge < -0.3 is 15.4 Å². The number of carbonyl (C=O) groups excluding carboxylic acids is 3. The van der Waals surface area contributed by atoms with Crippen molar-refractivity contribution in [2.75, 3.05) is 16.8 Å². The SMILES string of the molecule is O=C(COc1ccc(/C=C2/NC(=O)N(c3ccccc3)C2=O)cc1Cl)Nc1ccccc1. The molecule has 0 atom stereocenters. The number of ether oxygens (including phenoxy) is 1. The molecule has 3 aromatic rings. The van der Waals surface area contributed by atoms with E-state index >= 15 is 0 Å². The number of anilines is 2. The number of imide groups is 1. The van der Waals surface area contributed by atoms with Gasteiger partial charge in [-0.1, -0.05) is 54.1 Å². The largest absolute Gasteiger partial charge is 0.482 e. The molecule has 0 bridgehead atoms. The lowest BCUT2D eigenvalue weighted by molar-refractivity contribution is -0.118. The molecule has 0 unspecified atom stereocenters. The maximum absolute atomic E-state index is 12.7. The number of benzene rings is 3. The average molecular weight is 448 g/mol. The van der Waals surface area contributed by atoms with Crippen molar-refractivity contribution in [2.45, 2.75) is 0 Å². The van der Waals surface area contributed by atoms with Crippen molar-refractivity contribution in [1.29, 1.82) is 0 Å². The summed E-state index contributed by atoms with van der Waals surface area (Å²) in [6.45, 7) is -0.213. The van der Waals surface area contributed by atoms with Gasteiger partial charge in [-0.25, -0.2) is 9.69 Å². The van der Waals surface area contributed by atoms with E-state index in [0.717, 1.165) is 4.90 Å². The van der Waals surface area contributed by atoms with E-state index in [1.807, 2.05) is 18.2 Å². The van der Waals surface area contributed by atoms with Gasteiger partial charge in [0.15, 0.2) is 6.61 Å². The number of rotatable bonds is 6. The van der Waals surface area contributed by atoms with Crippen molar-refractivity contribution in [1.82, 2.24) is 5.32 Å². The van der Waals surface area contributed by atoms with Crippen molar-refractivity contribution < 1.29 is 19.1 Å². The van der Waals surface area contributed by atoms with Crippen LogP contribution in [0.2, 0.25) is 5.02 Å². The van der Waals surface area contributed by atoms with Crippen LogP contribution in [-0.4, -0.2) is 24.5 Å². The second kappa shape index (κ2) is 9.36. The van der Waals surface area contributed by atoms with E-state index in [-0.39, 0.29) is 23.2 Å². The molecular weight excluding hydrogens is 430 g/mol. The second-order valence-electron chi connectivity index (χ2n) is 6.86. The predicted molar refractivity (Wildman–Crippen MR) is 122 cm³/mol. The highest BCUT2D eigenvalue weighted by Gasteiger charge is 2.34. The number of para-hydroxylation sites is 2.